The third-order valence-electron chi connectivity index (χ3n) is 5.14. The first-order valence-electron chi connectivity index (χ1n) is 9.38. The third-order valence-corrected chi connectivity index (χ3v) is 6.18. The van der Waals surface area contributed by atoms with Gasteiger partial charge in [-0.25, -0.2) is 15.0 Å². The summed E-state index contributed by atoms with van der Waals surface area (Å²) in [6.45, 7) is 10.9. The maximum atomic E-state index is 12.7. The first kappa shape index (κ1) is 18.6. The monoisotopic (exact) mass is 396 g/mol. The van der Waals surface area contributed by atoms with E-state index in [1.165, 1.54) is 11.3 Å². The van der Waals surface area contributed by atoms with Gasteiger partial charge in [-0.1, -0.05) is 0 Å². The molecule has 8 heteroatoms. The van der Waals surface area contributed by atoms with Crippen molar-refractivity contribution in [2.45, 2.75) is 27.7 Å². The van der Waals surface area contributed by atoms with Crippen LogP contribution in [0.1, 0.15) is 32.4 Å². The topological polar surface area (TPSA) is 67.2 Å². The molecule has 1 aliphatic rings. The molecule has 7 nitrogen and oxygen atoms in total. The molecule has 1 fully saturated rings. The van der Waals surface area contributed by atoms with E-state index in [-0.39, 0.29) is 5.91 Å². The summed E-state index contributed by atoms with van der Waals surface area (Å²) in [7, 11) is 0. The molecule has 3 aromatic rings. The van der Waals surface area contributed by atoms with Gasteiger partial charge in [0.1, 0.15) is 23.8 Å². The molecule has 4 rings (SSSR count). The third kappa shape index (κ3) is 3.52. The van der Waals surface area contributed by atoms with Crippen molar-refractivity contribution in [1.82, 2.24) is 24.4 Å². The fourth-order valence-corrected chi connectivity index (χ4v) is 4.25. The van der Waals surface area contributed by atoms with Crippen LogP contribution in [-0.2, 0) is 0 Å². The van der Waals surface area contributed by atoms with Crippen LogP contribution >= 0.6 is 11.3 Å². The van der Waals surface area contributed by atoms with Crippen molar-refractivity contribution in [1.29, 1.82) is 0 Å². The second kappa shape index (κ2) is 7.35. The molecule has 146 valence electrons. The summed E-state index contributed by atoms with van der Waals surface area (Å²) in [5.41, 5.74) is 3.21. The van der Waals surface area contributed by atoms with Crippen LogP contribution in [0.25, 0.3) is 5.82 Å². The quantitative estimate of drug-likeness (QED) is 0.681. The van der Waals surface area contributed by atoms with E-state index >= 15 is 0 Å². The summed E-state index contributed by atoms with van der Waals surface area (Å²) in [4.78, 5) is 31.2. The minimum atomic E-state index is 0.127. The van der Waals surface area contributed by atoms with Gasteiger partial charge in [-0.2, -0.15) is 0 Å². The van der Waals surface area contributed by atoms with E-state index < -0.39 is 0 Å². The maximum Gasteiger partial charge on any atom is 0.264 e. The van der Waals surface area contributed by atoms with E-state index in [2.05, 4.69) is 19.9 Å². The largest absolute Gasteiger partial charge is 0.353 e. The Morgan fingerprint density at radius 3 is 2.32 bits per heavy atom. The van der Waals surface area contributed by atoms with Crippen LogP contribution in [0, 0.1) is 27.7 Å². The van der Waals surface area contributed by atoms with Crippen molar-refractivity contribution < 1.29 is 4.79 Å². The number of aromatic nitrogens is 4. The zero-order chi connectivity index (χ0) is 19.8. The molecule has 28 heavy (non-hydrogen) atoms. The maximum absolute atomic E-state index is 12.7. The number of hydrogen-bond donors (Lipinski definition) is 0. The molecule has 0 atom stereocenters. The van der Waals surface area contributed by atoms with Crippen molar-refractivity contribution >= 4 is 23.1 Å². The number of imidazole rings is 1. The number of hydrogen-bond acceptors (Lipinski definition) is 6. The van der Waals surface area contributed by atoms with Gasteiger partial charge in [0.15, 0.2) is 0 Å². The first-order valence-corrected chi connectivity index (χ1v) is 10.3. The van der Waals surface area contributed by atoms with E-state index in [4.69, 9.17) is 0 Å². The molecule has 0 N–H and O–H groups in total. The van der Waals surface area contributed by atoms with Crippen LogP contribution in [0.3, 0.4) is 0 Å². The van der Waals surface area contributed by atoms with Crippen LogP contribution in [0.2, 0.25) is 0 Å². The molecule has 0 spiro atoms. The van der Waals surface area contributed by atoms with Gasteiger partial charge >= 0.3 is 0 Å². The second-order valence-corrected chi connectivity index (χ2v) is 8.10. The lowest BCUT2D eigenvalue weighted by atomic mass is 10.2. The molecular formula is C20H24N6OS. The number of carbonyl (C=O) groups excluding carboxylic acids is 1. The highest BCUT2D eigenvalue weighted by Crippen LogP contribution is 2.21. The second-order valence-electron chi connectivity index (χ2n) is 7.18. The fourth-order valence-electron chi connectivity index (χ4n) is 3.39. The van der Waals surface area contributed by atoms with E-state index in [1.54, 1.807) is 6.33 Å². The number of piperazine rings is 1. The molecule has 0 unspecified atom stereocenters. The minimum absolute atomic E-state index is 0.127. The van der Waals surface area contributed by atoms with Gasteiger partial charge in [0, 0.05) is 37.9 Å². The van der Waals surface area contributed by atoms with E-state index in [0.29, 0.717) is 13.1 Å². The normalized spacial score (nSPS) is 14.6. The summed E-state index contributed by atoms with van der Waals surface area (Å²) in [6, 6.07) is 3.97. The lowest BCUT2D eigenvalue weighted by Crippen LogP contribution is -2.49. The Hall–Kier alpha value is -2.74. The summed E-state index contributed by atoms with van der Waals surface area (Å²) in [6.07, 6.45) is 1.80. The summed E-state index contributed by atoms with van der Waals surface area (Å²) >= 11 is 1.52. The Labute approximate surface area is 168 Å². The SMILES string of the molecule is Cc1csc(C(=O)N2CCN(c3cc(-n4cnc(C)c4C)nc(C)n3)CC2)c1. The Kier molecular flexibility index (Phi) is 4.89. The van der Waals surface area contributed by atoms with Gasteiger partial charge in [0.05, 0.1) is 10.6 Å². The van der Waals surface area contributed by atoms with E-state index in [9.17, 15) is 4.79 Å². The molecule has 0 aliphatic carbocycles. The number of amides is 1. The van der Waals surface area contributed by atoms with Crippen molar-refractivity contribution in [2.75, 3.05) is 31.1 Å². The zero-order valence-electron chi connectivity index (χ0n) is 16.6. The molecule has 0 saturated carbocycles. The number of carbonyl (C=O) groups is 1. The molecule has 0 bridgehead atoms. The van der Waals surface area contributed by atoms with Gasteiger partial charge in [-0.3, -0.25) is 9.36 Å². The summed E-state index contributed by atoms with van der Waals surface area (Å²) in [5, 5.41) is 2.02. The lowest BCUT2D eigenvalue weighted by Gasteiger charge is -2.35. The smallest absolute Gasteiger partial charge is 0.264 e. The van der Waals surface area contributed by atoms with Gasteiger partial charge in [0.25, 0.3) is 5.91 Å². The lowest BCUT2D eigenvalue weighted by molar-refractivity contribution is 0.0751. The average molecular weight is 397 g/mol. The Balaban J connectivity index is 1.50. The molecule has 0 radical (unpaired) electrons. The van der Waals surface area contributed by atoms with Gasteiger partial charge in [0.2, 0.25) is 0 Å². The minimum Gasteiger partial charge on any atom is -0.353 e. The number of thiophene rings is 1. The van der Waals surface area contributed by atoms with E-state index in [1.807, 2.05) is 54.7 Å². The predicted octanol–water partition coefficient (Wildman–Crippen LogP) is 2.92. The predicted molar refractivity (Wildman–Crippen MR) is 111 cm³/mol. The molecule has 4 heterocycles. The summed E-state index contributed by atoms with van der Waals surface area (Å²) < 4.78 is 1.99. The molecule has 1 aliphatic heterocycles. The van der Waals surface area contributed by atoms with Crippen LogP contribution in [0.5, 0.6) is 0 Å². The highest BCUT2D eigenvalue weighted by atomic mass is 32.1. The van der Waals surface area contributed by atoms with Gasteiger partial charge in [-0.05, 0) is 44.7 Å². The number of rotatable bonds is 3. The fraction of sp³-hybridized carbons (Fsp3) is 0.400. The zero-order valence-corrected chi connectivity index (χ0v) is 17.5. The standard InChI is InChI=1S/C20H24N6OS/c1-13-9-17(28-11-13)20(27)25-7-5-24(6-8-25)18-10-19(23-16(4)22-18)26-12-21-14(2)15(26)3/h9-12H,5-8H2,1-4H3. The Morgan fingerprint density at radius 1 is 1.00 bits per heavy atom. The Morgan fingerprint density at radius 2 is 1.71 bits per heavy atom. The first-order chi connectivity index (χ1) is 13.4. The number of aryl methyl sites for hydroxylation is 3. The van der Waals surface area contributed by atoms with Crippen LogP contribution in [-0.4, -0.2) is 56.5 Å². The highest BCUT2D eigenvalue weighted by Gasteiger charge is 2.24. The van der Waals surface area contributed by atoms with Crippen LogP contribution in [0.15, 0.2) is 23.8 Å². The van der Waals surface area contributed by atoms with Gasteiger partial charge < -0.3 is 9.80 Å². The molecule has 1 saturated heterocycles. The number of anilines is 1. The van der Waals surface area contributed by atoms with Gasteiger partial charge in [-0.15, -0.1) is 11.3 Å². The van der Waals surface area contributed by atoms with Crippen molar-refractivity contribution in [3.05, 3.63) is 51.5 Å². The molecular weight excluding hydrogens is 372 g/mol. The average Bonchev–Trinajstić information content (AvgIpc) is 3.27. The van der Waals surface area contributed by atoms with Crippen molar-refractivity contribution in [2.24, 2.45) is 0 Å². The molecule has 0 aromatic carbocycles. The van der Waals surface area contributed by atoms with Crippen LogP contribution < -0.4 is 4.90 Å². The molecule has 1 amide bonds. The molecule has 3 aromatic heterocycles. The summed E-state index contributed by atoms with van der Waals surface area (Å²) in [5.74, 6) is 2.58. The van der Waals surface area contributed by atoms with Crippen molar-refractivity contribution in [3.8, 4) is 5.82 Å². The Bertz CT molecular complexity index is 1020. The van der Waals surface area contributed by atoms with E-state index in [0.717, 1.165) is 52.4 Å². The highest BCUT2D eigenvalue weighted by molar-refractivity contribution is 7.12. The van der Waals surface area contributed by atoms with Crippen molar-refractivity contribution in [3.63, 3.8) is 0 Å². The number of nitrogens with zero attached hydrogens (tertiary/aromatic N) is 6. The van der Waals surface area contributed by atoms with Crippen LogP contribution in [0.4, 0.5) is 5.82 Å².